The molecule has 4 aliphatic rings. The van der Waals surface area contributed by atoms with Crippen molar-refractivity contribution in [1.82, 2.24) is 0 Å². The Bertz CT molecular complexity index is 1300. The fraction of sp³-hybridized carbons (Fsp3) is 0.567. The summed E-state index contributed by atoms with van der Waals surface area (Å²) in [5.74, 6) is -1.36. The van der Waals surface area contributed by atoms with E-state index >= 15 is 0 Å². The van der Waals surface area contributed by atoms with Gasteiger partial charge >= 0.3 is 5.97 Å². The van der Waals surface area contributed by atoms with E-state index in [9.17, 15) is 34.7 Å². The summed E-state index contributed by atoms with van der Waals surface area (Å²) in [6, 6.07) is 6.57. The van der Waals surface area contributed by atoms with E-state index in [1.54, 1.807) is 30.3 Å². The van der Waals surface area contributed by atoms with Gasteiger partial charge in [-0.05, 0) is 54.7 Å². The molecule has 2 saturated carbocycles. The Hall–Kier alpha value is -3.37. The Morgan fingerprint density at radius 2 is 1.93 bits per heavy atom. The molecule has 2 N–H and O–H groups in total. The molecule has 10 heteroatoms. The van der Waals surface area contributed by atoms with Gasteiger partial charge in [0.15, 0.2) is 12.4 Å². The minimum Gasteiger partial charge on any atom is -0.457 e. The second-order valence-corrected chi connectivity index (χ2v) is 12.1. The van der Waals surface area contributed by atoms with E-state index in [0.29, 0.717) is 30.4 Å². The fourth-order valence-corrected chi connectivity index (χ4v) is 8.16. The van der Waals surface area contributed by atoms with Gasteiger partial charge in [-0.15, -0.1) is 10.1 Å². The van der Waals surface area contributed by atoms with Gasteiger partial charge in [0, 0.05) is 23.2 Å². The van der Waals surface area contributed by atoms with Gasteiger partial charge in [-0.1, -0.05) is 55.8 Å². The van der Waals surface area contributed by atoms with Crippen LogP contribution in [0, 0.1) is 38.7 Å². The van der Waals surface area contributed by atoms with Crippen LogP contribution in [0.15, 0.2) is 48.1 Å². The highest BCUT2D eigenvalue weighted by Gasteiger charge is 2.67. The molecule has 0 amide bonds. The summed E-state index contributed by atoms with van der Waals surface area (Å²) in [5, 5.41) is 32.9. The Balaban J connectivity index is 1.28. The number of ketones is 2. The van der Waals surface area contributed by atoms with Crippen LogP contribution >= 0.6 is 0 Å². The average Bonchev–Trinajstić information content (AvgIpc) is 3.17. The number of allylic oxidation sites excluding steroid dienone is 4. The first kappa shape index (κ1) is 28.2. The number of nitrogens with zero attached hydrogens (tertiary/aromatic N) is 1. The van der Waals surface area contributed by atoms with E-state index in [0.717, 1.165) is 5.57 Å². The zero-order valence-corrected chi connectivity index (χ0v) is 22.7. The van der Waals surface area contributed by atoms with Crippen molar-refractivity contribution in [2.75, 3.05) is 6.61 Å². The first-order chi connectivity index (χ1) is 18.9. The number of benzene rings is 1. The third kappa shape index (κ3) is 4.56. The number of fused-ring (bicyclic) bond motifs is 5. The zero-order chi connectivity index (χ0) is 28.9. The summed E-state index contributed by atoms with van der Waals surface area (Å²) >= 11 is 0. The van der Waals surface area contributed by atoms with E-state index in [4.69, 9.17) is 4.74 Å². The van der Waals surface area contributed by atoms with Gasteiger partial charge in [-0.25, -0.2) is 0 Å². The quantitative estimate of drug-likeness (QED) is 0.214. The van der Waals surface area contributed by atoms with E-state index < -0.39 is 46.0 Å². The average molecular weight is 554 g/mol. The third-order valence-corrected chi connectivity index (χ3v) is 10.2. The summed E-state index contributed by atoms with van der Waals surface area (Å²) in [6.45, 7) is 3.00. The molecule has 0 aromatic heterocycles. The van der Waals surface area contributed by atoms with Crippen LogP contribution in [-0.2, 0) is 37.0 Å². The topological polar surface area (TPSA) is 153 Å². The van der Waals surface area contributed by atoms with Gasteiger partial charge in [-0.2, -0.15) is 0 Å². The number of aliphatic hydroxyl groups excluding tert-OH is 1. The summed E-state index contributed by atoms with van der Waals surface area (Å²) < 4.78 is 5.28. The van der Waals surface area contributed by atoms with E-state index in [1.165, 1.54) is 0 Å². The molecule has 1 aromatic rings. The van der Waals surface area contributed by atoms with Gasteiger partial charge in [0.2, 0.25) is 5.78 Å². The molecule has 0 unspecified atom stereocenters. The molecule has 2 fully saturated rings. The second kappa shape index (κ2) is 10.2. The van der Waals surface area contributed by atoms with Gasteiger partial charge in [0.25, 0.3) is 5.09 Å². The van der Waals surface area contributed by atoms with E-state index in [-0.39, 0.29) is 49.4 Å². The lowest BCUT2D eigenvalue weighted by molar-refractivity contribution is -0.763. The Labute approximate surface area is 232 Å². The normalized spacial score (nSPS) is 36.1. The van der Waals surface area contributed by atoms with Gasteiger partial charge in [-0.3, -0.25) is 14.4 Å². The van der Waals surface area contributed by atoms with E-state index in [2.05, 4.69) is 17.8 Å². The smallest absolute Gasteiger partial charge is 0.310 e. The van der Waals surface area contributed by atoms with Gasteiger partial charge in [0.05, 0.1) is 12.5 Å². The SMILES string of the molecule is C[C@]12C=CC(=O)CC1=CC[C@@H]1[C@@H]2[C@@H](O)C[C@@]2(C)[C@H]1CC[C@]2(O)C(=O)COC(=O)Cc1ccccc1CO[N+](=O)[O-]. The van der Waals surface area contributed by atoms with Crippen LogP contribution in [0.3, 0.4) is 0 Å². The Morgan fingerprint density at radius 3 is 2.65 bits per heavy atom. The maximum absolute atomic E-state index is 13.5. The predicted molar refractivity (Wildman–Crippen MR) is 141 cm³/mol. The van der Waals surface area contributed by atoms with Crippen molar-refractivity contribution in [1.29, 1.82) is 0 Å². The highest BCUT2D eigenvalue weighted by molar-refractivity contribution is 5.93. The summed E-state index contributed by atoms with van der Waals surface area (Å²) in [5.41, 5.74) is -1.14. The lowest BCUT2D eigenvalue weighted by atomic mass is 9.47. The van der Waals surface area contributed by atoms with Crippen LogP contribution in [0.1, 0.15) is 57.1 Å². The standard InChI is InChI=1S/C30H35NO9/c1-28-11-9-21(32)14-20(28)7-8-22-23-10-12-30(36,29(23,2)15-24(33)27(22)28)25(34)17-39-26(35)13-18-5-3-4-6-19(18)16-40-31(37)38/h3-7,9,11,22-24,27,33,36H,8,10,12-17H2,1-2H3/t22-,23-,24-,27+,28-,29-,30-/m0/s1. The van der Waals surface area contributed by atoms with Crippen molar-refractivity contribution < 1.29 is 39.3 Å². The number of hydrogen-bond donors (Lipinski definition) is 2. The van der Waals surface area contributed by atoms with Crippen LogP contribution in [-0.4, -0.2) is 51.1 Å². The summed E-state index contributed by atoms with van der Waals surface area (Å²) in [6.07, 6.45) is 6.70. The number of carbonyl (C=O) groups excluding carboxylic acids is 3. The molecule has 40 heavy (non-hydrogen) atoms. The van der Waals surface area contributed by atoms with Crippen LogP contribution in [0.25, 0.3) is 0 Å². The number of carbonyl (C=O) groups is 3. The van der Waals surface area contributed by atoms with Crippen LogP contribution in [0.5, 0.6) is 0 Å². The number of ether oxygens (including phenoxy) is 1. The van der Waals surface area contributed by atoms with Gasteiger partial charge in [0.1, 0.15) is 12.2 Å². The molecule has 0 heterocycles. The molecule has 1 aromatic carbocycles. The Kier molecular flexibility index (Phi) is 7.20. The molecule has 7 atom stereocenters. The molecule has 214 valence electrons. The highest BCUT2D eigenvalue weighted by atomic mass is 16.9. The monoisotopic (exact) mass is 553 g/mol. The predicted octanol–water partition coefficient (Wildman–Crippen LogP) is 3.06. The molecule has 0 aliphatic heterocycles. The lowest BCUT2D eigenvalue weighted by Gasteiger charge is -2.58. The van der Waals surface area contributed by atoms with Crippen molar-refractivity contribution in [3.05, 3.63) is 69.3 Å². The van der Waals surface area contributed by atoms with Crippen molar-refractivity contribution in [2.24, 2.45) is 28.6 Å². The number of esters is 1. The van der Waals surface area contributed by atoms with Crippen LogP contribution in [0.4, 0.5) is 0 Å². The minimum atomic E-state index is -1.76. The maximum Gasteiger partial charge on any atom is 0.310 e. The molecule has 0 spiro atoms. The Morgan fingerprint density at radius 1 is 1.20 bits per heavy atom. The minimum absolute atomic E-state index is 0.0281. The summed E-state index contributed by atoms with van der Waals surface area (Å²) in [7, 11) is 0. The molecule has 10 nitrogen and oxygen atoms in total. The molecule has 4 aliphatic carbocycles. The van der Waals surface area contributed by atoms with Gasteiger partial charge < -0.3 is 19.8 Å². The number of rotatable bonds is 8. The van der Waals surface area contributed by atoms with Crippen molar-refractivity contribution >= 4 is 17.5 Å². The molecule has 0 bridgehead atoms. The fourth-order valence-electron chi connectivity index (χ4n) is 8.16. The molecule has 0 radical (unpaired) electrons. The van der Waals surface area contributed by atoms with Crippen LogP contribution in [0.2, 0.25) is 0 Å². The van der Waals surface area contributed by atoms with Crippen molar-refractivity contribution in [2.45, 2.75) is 70.7 Å². The largest absolute Gasteiger partial charge is 0.457 e. The van der Waals surface area contributed by atoms with Crippen molar-refractivity contribution in [3.63, 3.8) is 0 Å². The maximum atomic E-state index is 13.5. The molecule has 0 saturated heterocycles. The van der Waals surface area contributed by atoms with Crippen molar-refractivity contribution in [3.8, 4) is 0 Å². The second-order valence-electron chi connectivity index (χ2n) is 12.1. The lowest BCUT2D eigenvalue weighted by Crippen LogP contribution is -2.61. The van der Waals surface area contributed by atoms with E-state index in [1.807, 2.05) is 13.0 Å². The molecule has 5 rings (SSSR count). The number of hydrogen-bond acceptors (Lipinski definition) is 9. The highest BCUT2D eigenvalue weighted by Crippen LogP contribution is 2.66. The number of Topliss-reactive ketones (excluding diaryl/α,β-unsaturated/α-hetero) is 1. The summed E-state index contributed by atoms with van der Waals surface area (Å²) in [4.78, 5) is 53.1. The molecular formula is C30H35NO9. The first-order valence-electron chi connectivity index (χ1n) is 13.7. The third-order valence-electron chi connectivity index (χ3n) is 10.2. The molecular weight excluding hydrogens is 518 g/mol. The zero-order valence-electron chi connectivity index (χ0n) is 22.7. The van der Waals surface area contributed by atoms with Crippen LogP contribution < -0.4 is 0 Å². The number of aliphatic hydroxyl groups is 2. The first-order valence-corrected chi connectivity index (χ1v) is 13.7.